The summed E-state index contributed by atoms with van der Waals surface area (Å²) in [6, 6.07) is 0. The zero-order valence-electron chi connectivity index (χ0n) is 27.4. The van der Waals surface area contributed by atoms with Gasteiger partial charge in [0.2, 0.25) is 0 Å². The summed E-state index contributed by atoms with van der Waals surface area (Å²) in [4.78, 5) is 0. The molecule has 0 saturated heterocycles. The Morgan fingerprint density at radius 1 is 0.700 bits per heavy atom. The fourth-order valence-corrected chi connectivity index (χ4v) is 4.57. The number of allylic oxidation sites excluding steroid dienone is 16. The Morgan fingerprint density at radius 3 is 1.20 bits per heavy atom. The fraction of sp³-hybridized carbons (Fsp3) is 0.441. The first-order valence-corrected chi connectivity index (χ1v) is 18.3. The molecule has 0 fully saturated rings. The van der Waals surface area contributed by atoms with Crippen LogP contribution in [0.25, 0.3) is 0 Å². The maximum absolute atomic E-state index is 4.93. The van der Waals surface area contributed by atoms with Gasteiger partial charge in [-0.25, -0.2) is 17.7 Å². The second kappa shape index (κ2) is 25.2. The van der Waals surface area contributed by atoms with Crippen molar-refractivity contribution in [1.82, 2.24) is 0 Å². The van der Waals surface area contributed by atoms with Gasteiger partial charge in [0, 0.05) is 0 Å². The van der Waals surface area contributed by atoms with Crippen LogP contribution >= 0.6 is 17.0 Å². The summed E-state index contributed by atoms with van der Waals surface area (Å²) in [5.74, 6) is 0. The molecule has 0 aromatic carbocycles. The maximum atomic E-state index is 4.93. The van der Waals surface area contributed by atoms with E-state index in [1.807, 2.05) is 12.2 Å². The van der Waals surface area contributed by atoms with Crippen LogP contribution in [-0.2, 0) is 47.1 Å². The molecular weight excluding hydrogens is 733 g/mol. The van der Waals surface area contributed by atoms with Gasteiger partial charge in [0.25, 0.3) is 0 Å². The SMILES string of the molecule is CC1=C(C)C(C)=C(C2=C(C)C(C)=C(C)C2)C1.CC1=[C-]C(C)(C)C(C)=C1C.[C-]1=CC=CC1.[CH3-].[CH3-].[CH3-].[Cl-].[Cl-].[Cl][Zr][Cl].[Zr+3]. The summed E-state index contributed by atoms with van der Waals surface area (Å²) in [7, 11) is 9.87. The van der Waals surface area contributed by atoms with Gasteiger partial charge >= 0.3 is 64.1 Å². The summed E-state index contributed by atoms with van der Waals surface area (Å²) in [6.45, 7) is 24.5. The topological polar surface area (TPSA) is 0 Å². The molecule has 0 saturated carbocycles. The van der Waals surface area contributed by atoms with Crippen LogP contribution in [0.3, 0.4) is 0 Å². The molecule has 4 rings (SSSR count). The molecule has 227 valence electrons. The molecule has 0 unspecified atom stereocenters. The van der Waals surface area contributed by atoms with Crippen LogP contribution in [0.15, 0.2) is 79.5 Å². The molecule has 0 aromatic rings. The van der Waals surface area contributed by atoms with E-state index >= 15 is 0 Å². The van der Waals surface area contributed by atoms with Gasteiger partial charge in [0.1, 0.15) is 0 Å². The van der Waals surface area contributed by atoms with Crippen LogP contribution in [0, 0.1) is 39.8 Å². The predicted octanol–water partition coefficient (Wildman–Crippen LogP) is 6.25. The largest absolute Gasteiger partial charge is 3.00 e. The number of rotatable bonds is 1. The van der Waals surface area contributed by atoms with E-state index in [2.05, 4.69) is 94.4 Å². The molecule has 0 amide bonds. The zero-order valence-corrected chi connectivity index (χ0v) is 35.3. The van der Waals surface area contributed by atoms with Crippen molar-refractivity contribution >= 4 is 17.0 Å². The molecule has 0 heterocycles. The summed E-state index contributed by atoms with van der Waals surface area (Å²) in [5.41, 5.74) is 16.8. The normalized spacial score (nSPS) is 17.3. The maximum Gasteiger partial charge on any atom is 3.00 e. The summed E-state index contributed by atoms with van der Waals surface area (Å²) < 4.78 is 0. The standard InChI is InChI=1S/C16H22.C10H15.C5H5.3CH3.4ClH.2Zr/c1-9-7-15(13(5)11(9)3)16-8-10(2)12(4)14(16)6;1-7-6-10(4,5)9(3)8(7)2;1-2-4-5-3-1;;;;;;;;;/h7-8H2,1-6H3;1-5H3;1-3H,4H2;3*1H3;4*1H;;/q;5*-1;;;;;+2;+3/p-4. The fourth-order valence-electron chi connectivity index (χ4n) is 4.57. The van der Waals surface area contributed by atoms with Crippen molar-refractivity contribution in [3.05, 3.63) is 114 Å². The third-order valence-corrected chi connectivity index (χ3v) is 7.71. The third-order valence-electron chi connectivity index (χ3n) is 7.71. The van der Waals surface area contributed by atoms with E-state index in [1.54, 1.807) is 22.3 Å². The van der Waals surface area contributed by atoms with Crippen molar-refractivity contribution in [2.75, 3.05) is 0 Å². The smallest absolute Gasteiger partial charge is 3.00 e. The van der Waals surface area contributed by atoms with E-state index in [1.165, 1.54) is 51.9 Å². The molecule has 0 nitrogen and oxygen atoms in total. The second-order valence-corrected chi connectivity index (χ2v) is 13.8. The van der Waals surface area contributed by atoms with Crippen molar-refractivity contribution in [1.29, 1.82) is 0 Å². The Bertz CT molecular complexity index is 974. The average molecular weight is 784 g/mol. The molecule has 4 aliphatic rings. The molecule has 0 atom stereocenters. The Labute approximate surface area is 300 Å². The van der Waals surface area contributed by atoms with Gasteiger partial charge in [-0.2, -0.15) is 17.2 Å². The van der Waals surface area contributed by atoms with Crippen LogP contribution in [0.1, 0.15) is 95.4 Å². The van der Waals surface area contributed by atoms with Crippen LogP contribution in [-0.4, -0.2) is 0 Å². The van der Waals surface area contributed by atoms with Gasteiger partial charge in [-0.05, 0) is 87.8 Å². The Balaban J connectivity index is -0.000000105. The van der Waals surface area contributed by atoms with Crippen molar-refractivity contribution in [3.63, 3.8) is 0 Å². The average Bonchev–Trinajstić information content (AvgIpc) is 3.53. The molecular formula is C34H51Cl4Zr2-4. The first kappa shape index (κ1) is 53.4. The van der Waals surface area contributed by atoms with Crippen LogP contribution in [0.2, 0.25) is 0 Å². The van der Waals surface area contributed by atoms with Crippen molar-refractivity contribution in [2.24, 2.45) is 5.41 Å². The number of hydrogen-bond donors (Lipinski definition) is 0. The second-order valence-electron chi connectivity index (χ2n) is 10.1. The van der Waals surface area contributed by atoms with E-state index in [9.17, 15) is 0 Å². The number of hydrogen-bond acceptors (Lipinski definition) is 0. The molecule has 0 aromatic heterocycles. The molecule has 6 heteroatoms. The molecule has 0 spiro atoms. The van der Waals surface area contributed by atoms with Crippen molar-refractivity contribution in [3.8, 4) is 0 Å². The minimum Gasteiger partial charge on any atom is 3.00 e. The van der Waals surface area contributed by atoms with E-state index < -0.39 is 20.8 Å². The van der Waals surface area contributed by atoms with E-state index in [4.69, 9.17) is 17.0 Å². The number of halogens is 4. The van der Waals surface area contributed by atoms with Gasteiger partial charge in [-0.3, -0.25) is 12.2 Å². The predicted molar refractivity (Wildman–Crippen MR) is 168 cm³/mol. The van der Waals surface area contributed by atoms with E-state index in [0.717, 1.165) is 6.42 Å². The van der Waals surface area contributed by atoms with Gasteiger partial charge < -0.3 is 47.1 Å². The molecule has 0 bridgehead atoms. The first-order valence-electron chi connectivity index (χ1n) is 12.0. The monoisotopic (exact) mass is 779 g/mol. The van der Waals surface area contributed by atoms with E-state index in [-0.39, 0.29) is 78.7 Å². The van der Waals surface area contributed by atoms with Gasteiger partial charge in [0.05, 0.1) is 0 Å². The Morgan fingerprint density at radius 2 is 1.07 bits per heavy atom. The Hall–Kier alpha value is 0.846. The molecule has 0 aliphatic heterocycles. The quantitative estimate of drug-likeness (QED) is 0.276. The van der Waals surface area contributed by atoms with Crippen LogP contribution < -0.4 is 24.8 Å². The molecule has 1 radical (unpaired) electrons. The molecule has 0 N–H and O–H groups in total. The van der Waals surface area contributed by atoms with Crippen LogP contribution in [0.5, 0.6) is 0 Å². The summed E-state index contributed by atoms with van der Waals surface area (Å²) in [6.07, 6.45) is 15.8. The Kier molecular flexibility index (Phi) is 33.6. The summed E-state index contributed by atoms with van der Waals surface area (Å²) >= 11 is -0.826. The van der Waals surface area contributed by atoms with E-state index in [0.29, 0.717) is 0 Å². The van der Waals surface area contributed by atoms with Crippen molar-refractivity contribution < 1.29 is 71.9 Å². The van der Waals surface area contributed by atoms with Gasteiger partial charge in [0.15, 0.2) is 0 Å². The van der Waals surface area contributed by atoms with Gasteiger partial charge in [-0.1, -0.05) is 44.3 Å². The minimum atomic E-state index is -0.826. The molecule has 40 heavy (non-hydrogen) atoms. The van der Waals surface area contributed by atoms with Crippen molar-refractivity contribution in [2.45, 2.75) is 95.4 Å². The summed E-state index contributed by atoms with van der Waals surface area (Å²) in [5, 5.41) is 0. The molecule has 4 aliphatic carbocycles. The van der Waals surface area contributed by atoms with Gasteiger partial charge in [-0.15, -0.1) is 13.3 Å². The zero-order chi connectivity index (χ0) is 26.2. The minimum absolute atomic E-state index is 0. The third kappa shape index (κ3) is 15.0. The first-order chi connectivity index (χ1) is 15.8. The van der Waals surface area contributed by atoms with Crippen LogP contribution in [0.4, 0.5) is 0 Å².